The van der Waals surface area contributed by atoms with Gasteiger partial charge in [0.2, 0.25) is 5.88 Å². The van der Waals surface area contributed by atoms with Crippen molar-refractivity contribution in [2.45, 2.75) is 24.5 Å². The molecule has 3 rings (SSSR count). The maximum absolute atomic E-state index is 12.7. The first kappa shape index (κ1) is 16.5. The third kappa shape index (κ3) is 3.41. The molecule has 0 saturated carbocycles. The Labute approximate surface area is 142 Å². The van der Waals surface area contributed by atoms with Crippen LogP contribution in [0.1, 0.15) is 18.1 Å². The SMILES string of the molecule is CCOc1cc(C)c2cc(S(=O)(=O)Cc3ccccc3)ccc2n1. The Hall–Kier alpha value is -2.40. The number of fused-ring (bicyclic) bond motifs is 1. The Bertz CT molecular complexity index is 967. The summed E-state index contributed by atoms with van der Waals surface area (Å²) in [6.45, 7) is 4.38. The summed E-state index contributed by atoms with van der Waals surface area (Å²) in [6, 6.07) is 16.1. The van der Waals surface area contributed by atoms with Crippen LogP contribution in [-0.2, 0) is 15.6 Å². The van der Waals surface area contributed by atoms with E-state index in [2.05, 4.69) is 4.98 Å². The molecule has 0 bridgehead atoms. The Morgan fingerprint density at radius 3 is 2.50 bits per heavy atom. The van der Waals surface area contributed by atoms with E-state index in [1.807, 2.05) is 50.2 Å². The van der Waals surface area contributed by atoms with Crippen molar-refractivity contribution in [2.24, 2.45) is 0 Å². The smallest absolute Gasteiger partial charge is 0.214 e. The monoisotopic (exact) mass is 341 g/mol. The Morgan fingerprint density at radius 1 is 1.04 bits per heavy atom. The highest BCUT2D eigenvalue weighted by Crippen LogP contribution is 2.26. The molecule has 1 aromatic heterocycles. The molecule has 4 nitrogen and oxygen atoms in total. The van der Waals surface area contributed by atoms with E-state index in [4.69, 9.17) is 4.74 Å². The number of hydrogen-bond donors (Lipinski definition) is 0. The van der Waals surface area contributed by atoms with E-state index in [-0.39, 0.29) is 5.75 Å². The predicted molar refractivity (Wildman–Crippen MR) is 95.0 cm³/mol. The summed E-state index contributed by atoms with van der Waals surface area (Å²) in [6.07, 6.45) is 0. The number of benzene rings is 2. The van der Waals surface area contributed by atoms with E-state index in [1.165, 1.54) is 0 Å². The zero-order valence-electron chi connectivity index (χ0n) is 13.7. The lowest BCUT2D eigenvalue weighted by Gasteiger charge is -2.09. The van der Waals surface area contributed by atoms with Gasteiger partial charge in [-0.05, 0) is 43.2 Å². The molecule has 0 fully saturated rings. The number of nitrogens with zero attached hydrogens (tertiary/aromatic N) is 1. The molecule has 0 aliphatic heterocycles. The van der Waals surface area contributed by atoms with Crippen LogP contribution >= 0.6 is 0 Å². The first-order valence-electron chi connectivity index (χ1n) is 7.80. The number of aryl methyl sites for hydroxylation is 1. The zero-order valence-corrected chi connectivity index (χ0v) is 14.5. The van der Waals surface area contributed by atoms with Gasteiger partial charge in [0.25, 0.3) is 0 Å². The van der Waals surface area contributed by atoms with Gasteiger partial charge in [0.05, 0.1) is 22.8 Å². The van der Waals surface area contributed by atoms with Gasteiger partial charge < -0.3 is 4.74 Å². The second kappa shape index (κ2) is 6.61. The minimum absolute atomic E-state index is 0.0111. The van der Waals surface area contributed by atoms with Crippen molar-refractivity contribution in [3.63, 3.8) is 0 Å². The van der Waals surface area contributed by atoms with Crippen molar-refractivity contribution < 1.29 is 13.2 Å². The van der Waals surface area contributed by atoms with Gasteiger partial charge in [-0.15, -0.1) is 0 Å². The Balaban J connectivity index is 2.01. The summed E-state index contributed by atoms with van der Waals surface area (Å²) in [7, 11) is -3.40. The van der Waals surface area contributed by atoms with E-state index in [0.717, 1.165) is 22.0 Å². The van der Waals surface area contributed by atoms with Crippen molar-refractivity contribution in [1.82, 2.24) is 4.98 Å². The molecule has 0 aliphatic rings. The van der Waals surface area contributed by atoms with Gasteiger partial charge in [-0.25, -0.2) is 13.4 Å². The molecule has 5 heteroatoms. The van der Waals surface area contributed by atoms with Gasteiger partial charge in [0.15, 0.2) is 9.84 Å². The number of sulfone groups is 1. The van der Waals surface area contributed by atoms with E-state index in [0.29, 0.717) is 17.4 Å². The van der Waals surface area contributed by atoms with Gasteiger partial charge in [-0.3, -0.25) is 0 Å². The molecule has 0 N–H and O–H groups in total. The summed E-state index contributed by atoms with van der Waals surface area (Å²) >= 11 is 0. The van der Waals surface area contributed by atoms with E-state index in [1.54, 1.807) is 18.2 Å². The fourth-order valence-corrected chi connectivity index (χ4v) is 4.01. The Kier molecular flexibility index (Phi) is 4.53. The second-order valence-electron chi connectivity index (χ2n) is 5.63. The molecule has 0 radical (unpaired) electrons. The molecular formula is C19H19NO3S. The van der Waals surface area contributed by atoms with Crippen LogP contribution in [0.25, 0.3) is 10.9 Å². The summed E-state index contributed by atoms with van der Waals surface area (Å²) in [4.78, 5) is 4.73. The third-order valence-electron chi connectivity index (χ3n) is 3.81. The van der Waals surface area contributed by atoms with Crippen molar-refractivity contribution in [1.29, 1.82) is 0 Å². The molecule has 0 amide bonds. The van der Waals surface area contributed by atoms with Crippen LogP contribution in [0.5, 0.6) is 5.88 Å². The minimum atomic E-state index is -3.40. The fraction of sp³-hybridized carbons (Fsp3) is 0.211. The molecule has 0 spiro atoms. The van der Waals surface area contributed by atoms with Crippen molar-refractivity contribution in [2.75, 3.05) is 6.61 Å². The molecule has 24 heavy (non-hydrogen) atoms. The van der Waals surface area contributed by atoms with Crippen molar-refractivity contribution in [3.8, 4) is 5.88 Å². The number of pyridine rings is 1. The predicted octanol–water partition coefficient (Wildman–Crippen LogP) is 3.92. The lowest BCUT2D eigenvalue weighted by molar-refractivity contribution is 0.328. The number of hydrogen-bond acceptors (Lipinski definition) is 4. The molecule has 2 aromatic carbocycles. The van der Waals surface area contributed by atoms with Crippen LogP contribution in [0.4, 0.5) is 0 Å². The largest absolute Gasteiger partial charge is 0.478 e. The Morgan fingerprint density at radius 2 is 1.79 bits per heavy atom. The van der Waals surface area contributed by atoms with Gasteiger partial charge in [0.1, 0.15) is 0 Å². The van der Waals surface area contributed by atoms with Crippen molar-refractivity contribution in [3.05, 3.63) is 65.7 Å². The average Bonchev–Trinajstić information content (AvgIpc) is 2.55. The lowest BCUT2D eigenvalue weighted by Crippen LogP contribution is -2.05. The minimum Gasteiger partial charge on any atom is -0.478 e. The molecule has 1 heterocycles. The molecular weight excluding hydrogens is 322 g/mol. The van der Waals surface area contributed by atoms with Gasteiger partial charge >= 0.3 is 0 Å². The topological polar surface area (TPSA) is 56.3 Å². The van der Waals surface area contributed by atoms with E-state index >= 15 is 0 Å². The summed E-state index contributed by atoms with van der Waals surface area (Å²) in [5, 5.41) is 0.826. The maximum atomic E-state index is 12.7. The van der Waals surface area contributed by atoms with E-state index in [9.17, 15) is 8.42 Å². The molecule has 0 aliphatic carbocycles. The quantitative estimate of drug-likeness (QED) is 0.706. The molecule has 124 valence electrons. The van der Waals surface area contributed by atoms with Crippen LogP contribution in [-0.4, -0.2) is 20.0 Å². The number of aromatic nitrogens is 1. The van der Waals surface area contributed by atoms with Crippen LogP contribution < -0.4 is 4.74 Å². The fourth-order valence-electron chi connectivity index (χ4n) is 2.63. The maximum Gasteiger partial charge on any atom is 0.214 e. The lowest BCUT2D eigenvalue weighted by atomic mass is 10.1. The highest BCUT2D eigenvalue weighted by Gasteiger charge is 2.17. The van der Waals surface area contributed by atoms with Crippen LogP contribution in [0.15, 0.2) is 59.5 Å². The van der Waals surface area contributed by atoms with Gasteiger partial charge in [0, 0.05) is 11.5 Å². The van der Waals surface area contributed by atoms with E-state index < -0.39 is 9.84 Å². The number of rotatable bonds is 5. The van der Waals surface area contributed by atoms with Gasteiger partial charge in [-0.1, -0.05) is 30.3 Å². The zero-order chi connectivity index (χ0) is 17.2. The summed E-state index contributed by atoms with van der Waals surface area (Å²) < 4.78 is 30.8. The normalized spacial score (nSPS) is 11.6. The van der Waals surface area contributed by atoms with Crippen LogP contribution in [0.3, 0.4) is 0 Å². The highest BCUT2D eigenvalue weighted by molar-refractivity contribution is 7.90. The first-order valence-corrected chi connectivity index (χ1v) is 9.46. The molecule has 0 unspecified atom stereocenters. The third-order valence-corrected chi connectivity index (χ3v) is 5.50. The first-order chi connectivity index (χ1) is 11.5. The van der Waals surface area contributed by atoms with Gasteiger partial charge in [-0.2, -0.15) is 0 Å². The molecule has 0 saturated heterocycles. The molecule has 0 atom stereocenters. The average molecular weight is 341 g/mol. The van der Waals surface area contributed by atoms with Crippen LogP contribution in [0.2, 0.25) is 0 Å². The summed E-state index contributed by atoms with van der Waals surface area (Å²) in [5.74, 6) is 0.547. The summed E-state index contributed by atoms with van der Waals surface area (Å²) in [5.41, 5.74) is 2.46. The standard InChI is InChI=1S/C19H19NO3S/c1-3-23-19-11-14(2)17-12-16(9-10-18(17)20-19)24(21,22)13-15-7-5-4-6-8-15/h4-12H,3,13H2,1-2H3. The van der Waals surface area contributed by atoms with Crippen LogP contribution in [0, 0.1) is 6.92 Å². The second-order valence-corrected chi connectivity index (χ2v) is 7.62. The molecule has 3 aromatic rings. The highest BCUT2D eigenvalue weighted by atomic mass is 32.2. The number of ether oxygens (including phenoxy) is 1. The van der Waals surface area contributed by atoms with Crippen molar-refractivity contribution >= 4 is 20.7 Å².